The molecule has 0 aliphatic heterocycles. The van der Waals surface area contributed by atoms with Gasteiger partial charge in [-0.3, -0.25) is 0 Å². The highest BCUT2D eigenvalue weighted by Gasteiger charge is 2.21. The zero-order valence-electron chi connectivity index (χ0n) is 12.8. The Bertz CT molecular complexity index is 592. The summed E-state index contributed by atoms with van der Waals surface area (Å²) in [5.74, 6) is 0.944. The predicted octanol–water partition coefficient (Wildman–Crippen LogP) is 3.78. The van der Waals surface area contributed by atoms with E-state index in [4.69, 9.17) is 4.74 Å². The van der Waals surface area contributed by atoms with Crippen LogP contribution in [0.5, 0.6) is 5.75 Å². The first-order valence-electron chi connectivity index (χ1n) is 6.87. The summed E-state index contributed by atoms with van der Waals surface area (Å²) in [4.78, 5) is 5.62. The fourth-order valence-electron chi connectivity index (χ4n) is 2.54. The van der Waals surface area contributed by atoms with E-state index in [9.17, 15) is 0 Å². The van der Waals surface area contributed by atoms with E-state index >= 15 is 0 Å². The van der Waals surface area contributed by atoms with Gasteiger partial charge in [0.05, 0.1) is 18.2 Å². The minimum atomic E-state index is 0.141. The molecule has 0 radical (unpaired) electrons. The maximum Gasteiger partial charge on any atom is 0.124 e. The molecule has 0 amide bonds. The maximum atomic E-state index is 5.61. The number of hydrogen-bond acceptors (Lipinski definition) is 4. The van der Waals surface area contributed by atoms with Gasteiger partial charge < -0.3 is 10.1 Å². The zero-order valence-corrected chi connectivity index (χ0v) is 13.6. The molecule has 0 aliphatic carbocycles. The van der Waals surface area contributed by atoms with Crippen LogP contribution in [-0.2, 0) is 0 Å². The smallest absolute Gasteiger partial charge is 0.124 e. The maximum absolute atomic E-state index is 5.61. The van der Waals surface area contributed by atoms with Gasteiger partial charge in [0.15, 0.2) is 0 Å². The monoisotopic (exact) mass is 290 g/mol. The molecule has 0 bridgehead atoms. The summed E-state index contributed by atoms with van der Waals surface area (Å²) in [6.45, 7) is 9.30. The highest BCUT2D eigenvalue weighted by molar-refractivity contribution is 7.11. The number of rotatable bonds is 5. The van der Waals surface area contributed by atoms with E-state index in [1.807, 2.05) is 13.1 Å². The quantitative estimate of drug-likeness (QED) is 0.910. The second kappa shape index (κ2) is 6.37. The van der Waals surface area contributed by atoms with E-state index in [0.717, 1.165) is 17.3 Å². The second-order valence-corrected chi connectivity index (χ2v) is 6.24. The summed E-state index contributed by atoms with van der Waals surface area (Å²) >= 11 is 1.73. The van der Waals surface area contributed by atoms with Crippen LogP contribution < -0.4 is 10.1 Å². The molecular weight excluding hydrogens is 268 g/mol. The zero-order chi connectivity index (χ0) is 14.7. The Morgan fingerprint density at radius 1 is 1.30 bits per heavy atom. The predicted molar refractivity (Wildman–Crippen MR) is 84.8 cm³/mol. The molecule has 0 spiro atoms. The third kappa shape index (κ3) is 3.02. The third-order valence-corrected chi connectivity index (χ3v) is 4.31. The lowest BCUT2D eigenvalue weighted by Gasteiger charge is -2.22. The number of hydrogen-bond donors (Lipinski definition) is 1. The van der Waals surface area contributed by atoms with E-state index in [1.165, 1.54) is 21.6 Å². The Kier molecular flexibility index (Phi) is 4.78. The van der Waals surface area contributed by atoms with Crippen LogP contribution in [0.3, 0.4) is 0 Å². The number of ether oxygens (including phenoxy) is 1. The van der Waals surface area contributed by atoms with Crippen molar-refractivity contribution in [3.8, 4) is 5.75 Å². The molecule has 1 heterocycles. The first-order chi connectivity index (χ1) is 9.56. The van der Waals surface area contributed by atoms with Gasteiger partial charge in [0, 0.05) is 16.6 Å². The standard InChI is InChI=1S/C16H22N2OS/c1-6-17-16(14-9-18-12(4)20-14)15-11(3)7-10(2)8-13(15)19-5/h7-9,16-17H,6H2,1-5H3. The molecule has 4 heteroatoms. The van der Waals surface area contributed by atoms with E-state index in [0.29, 0.717) is 0 Å². The third-order valence-electron chi connectivity index (χ3n) is 3.33. The van der Waals surface area contributed by atoms with Crippen molar-refractivity contribution in [3.05, 3.63) is 44.9 Å². The van der Waals surface area contributed by atoms with Gasteiger partial charge in [0.2, 0.25) is 0 Å². The van der Waals surface area contributed by atoms with Crippen molar-refractivity contribution in [2.45, 2.75) is 33.7 Å². The molecule has 1 N–H and O–H groups in total. The number of thiazole rings is 1. The summed E-state index contributed by atoms with van der Waals surface area (Å²) < 4.78 is 5.61. The molecule has 2 rings (SSSR count). The van der Waals surface area contributed by atoms with Gasteiger partial charge in [-0.2, -0.15) is 0 Å². The molecule has 108 valence electrons. The average Bonchev–Trinajstić information content (AvgIpc) is 2.82. The summed E-state index contributed by atoms with van der Waals surface area (Å²) in [6.07, 6.45) is 1.96. The summed E-state index contributed by atoms with van der Waals surface area (Å²) in [5.41, 5.74) is 3.68. The van der Waals surface area contributed by atoms with Crippen LogP contribution in [0.1, 0.15) is 39.5 Å². The number of aryl methyl sites for hydroxylation is 3. The van der Waals surface area contributed by atoms with Crippen LogP contribution >= 0.6 is 11.3 Å². The lowest BCUT2D eigenvalue weighted by atomic mass is 9.97. The van der Waals surface area contributed by atoms with Crippen LogP contribution in [0.15, 0.2) is 18.3 Å². The molecule has 0 aliphatic rings. The van der Waals surface area contributed by atoms with Crippen LogP contribution in [0.2, 0.25) is 0 Å². The Morgan fingerprint density at radius 3 is 2.60 bits per heavy atom. The summed E-state index contributed by atoms with van der Waals surface area (Å²) in [5, 5.41) is 4.64. The largest absolute Gasteiger partial charge is 0.496 e. The van der Waals surface area contributed by atoms with Gasteiger partial charge in [0.1, 0.15) is 5.75 Å². The van der Waals surface area contributed by atoms with Crippen LogP contribution in [0, 0.1) is 20.8 Å². The van der Waals surface area contributed by atoms with E-state index in [2.05, 4.69) is 43.2 Å². The topological polar surface area (TPSA) is 34.2 Å². The van der Waals surface area contributed by atoms with Crippen molar-refractivity contribution in [2.24, 2.45) is 0 Å². The molecule has 1 atom stereocenters. The van der Waals surface area contributed by atoms with Crippen LogP contribution in [0.4, 0.5) is 0 Å². The molecule has 1 aromatic heterocycles. The number of nitrogens with zero attached hydrogens (tertiary/aromatic N) is 1. The Hall–Kier alpha value is -1.39. The van der Waals surface area contributed by atoms with Gasteiger partial charge >= 0.3 is 0 Å². The fraction of sp³-hybridized carbons (Fsp3) is 0.438. The number of benzene rings is 1. The van der Waals surface area contributed by atoms with Gasteiger partial charge in [-0.25, -0.2) is 4.98 Å². The van der Waals surface area contributed by atoms with E-state index in [1.54, 1.807) is 18.4 Å². The van der Waals surface area contributed by atoms with Crippen LogP contribution in [0.25, 0.3) is 0 Å². The van der Waals surface area contributed by atoms with Gasteiger partial charge in [0.25, 0.3) is 0 Å². The van der Waals surface area contributed by atoms with Crippen molar-refractivity contribution in [1.82, 2.24) is 10.3 Å². The van der Waals surface area contributed by atoms with Crippen molar-refractivity contribution in [3.63, 3.8) is 0 Å². The van der Waals surface area contributed by atoms with Crippen LogP contribution in [-0.4, -0.2) is 18.6 Å². The summed E-state index contributed by atoms with van der Waals surface area (Å²) in [7, 11) is 1.73. The lowest BCUT2D eigenvalue weighted by Crippen LogP contribution is -2.22. The first kappa shape index (κ1) is 15.0. The second-order valence-electron chi connectivity index (χ2n) is 4.97. The molecular formula is C16H22N2OS. The Labute approximate surface area is 125 Å². The summed E-state index contributed by atoms with van der Waals surface area (Å²) in [6, 6.07) is 4.44. The Morgan fingerprint density at radius 2 is 2.05 bits per heavy atom. The number of aromatic nitrogens is 1. The highest BCUT2D eigenvalue weighted by Crippen LogP contribution is 2.35. The van der Waals surface area contributed by atoms with Crippen molar-refractivity contribution in [1.29, 1.82) is 0 Å². The van der Waals surface area contributed by atoms with Gasteiger partial charge in [-0.1, -0.05) is 13.0 Å². The highest BCUT2D eigenvalue weighted by atomic mass is 32.1. The lowest BCUT2D eigenvalue weighted by molar-refractivity contribution is 0.403. The Balaban J connectivity index is 2.54. The van der Waals surface area contributed by atoms with Crippen molar-refractivity contribution in [2.75, 3.05) is 13.7 Å². The number of methoxy groups -OCH3 is 1. The SMILES string of the molecule is CCNC(c1cnc(C)s1)c1c(C)cc(C)cc1OC. The fourth-order valence-corrected chi connectivity index (χ4v) is 3.41. The molecule has 1 aromatic carbocycles. The molecule has 3 nitrogen and oxygen atoms in total. The molecule has 0 saturated heterocycles. The average molecular weight is 290 g/mol. The van der Waals surface area contributed by atoms with E-state index < -0.39 is 0 Å². The first-order valence-corrected chi connectivity index (χ1v) is 7.69. The minimum absolute atomic E-state index is 0.141. The molecule has 1 unspecified atom stereocenters. The molecule has 2 aromatic rings. The molecule has 0 saturated carbocycles. The van der Waals surface area contributed by atoms with E-state index in [-0.39, 0.29) is 6.04 Å². The molecule has 0 fully saturated rings. The minimum Gasteiger partial charge on any atom is -0.496 e. The normalized spacial score (nSPS) is 12.4. The van der Waals surface area contributed by atoms with Crippen molar-refractivity contribution >= 4 is 11.3 Å². The number of nitrogens with one attached hydrogen (secondary N) is 1. The van der Waals surface area contributed by atoms with Crippen molar-refractivity contribution < 1.29 is 4.74 Å². The van der Waals surface area contributed by atoms with Gasteiger partial charge in [-0.05, 0) is 44.5 Å². The van der Waals surface area contributed by atoms with Gasteiger partial charge in [-0.15, -0.1) is 11.3 Å². The molecule has 20 heavy (non-hydrogen) atoms.